The lowest BCUT2D eigenvalue weighted by Crippen LogP contribution is -2.30. The van der Waals surface area contributed by atoms with Crippen LogP contribution in [-0.4, -0.2) is 17.5 Å². The zero-order valence-corrected chi connectivity index (χ0v) is 13.5. The molecule has 5 nitrogen and oxygen atoms in total. The lowest BCUT2D eigenvalue weighted by molar-refractivity contribution is -0.0497. The van der Waals surface area contributed by atoms with Gasteiger partial charge >= 0.3 is 6.61 Å². The van der Waals surface area contributed by atoms with Gasteiger partial charge in [0, 0.05) is 17.0 Å². The number of fused-ring (bicyclic) bond motifs is 1. The number of aromatic nitrogens is 1. The fourth-order valence-electron chi connectivity index (χ4n) is 2.55. The fraction of sp³-hybridized carbons (Fsp3) is 0.167. The van der Waals surface area contributed by atoms with Crippen molar-refractivity contribution in [3.05, 3.63) is 59.8 Å². The molecule has 3 rings (SSSR count). The van der Waals surface area contributed by atoms with E-state index in [1.807, 2.05) is 31.2 Å². The van der Waals surface area contributed by atoms with E-state index >= 15 is 0 Å². The van der Waals surface area contributed by atoms with Crippen LogP contribution < -0.4 is 15.6 Å². The number of hydrogen-bond donors (Lipinski definition) is 3. The lowest BCUT2D eigenvalue weighted by Gasteiger charge is -2.11. The molecule has 1 aromatic heterocycles. The number of halogens is 2. The maximum Gasteiger partial charge on any atom is 0.387 e. The smallest absolute Gasteiger partial charge is 0.387 e. The minimum absolute atomic E-state index is 0.0336. The first-order valence-electron chi connectivity index (χ1n) is 7.78. The Morgan fingerprint density at radius 3 is 2.76 bits per heavy atom. The van der Waals surface area contributed by atoms with Gasteiger partial charge in [-0.3, -0.25) is 15.6 Å². The zero-order valence-electron chi connectivity index (χ0n) is 13.5. The van der Waals surface area contributed by atoms with Crippen molar-refractivity contribution < 1.29 is 18.3 Å². The predicted octanol–water partition coefficient (Wildman–Crippen LogP) is 4.09. The standard InChI is InChI=1S/C18H17F2N3O2/c1-2-11-5-3-4-6-14(11)22-23-17(24)16-9-12-7-8-13(25-18(19)20)10-15(12)21-16/h3-10,18,21-22H,2H2,1H3,(H,23,24). The van der Waals surface area contributed by atoms with Crippen molar-refractivity contribution in [2.75, 3.05) is 5.43 Å². The molecule has 0 aliphatic rings. The number of nitrogens with one attached hydrogen (secondary N) is 3. The summed E-state index contributed by atoms with van der Waals surface area (Å²) in [4.78, 5) is 15.2. The Labute approximate surface area is 143 Å². The van der Waals surface area contributed by atoms with Crippen LogP contribution in [0.25, 0.3) is 10.9 Å². The predicted molar refractivity (Wildman–Crippen MR) is 91.8 cm³/mol. The van der Waals surface area contributed by atoms with Crippen LogP contribution in [0.5, 0.6) is 5.75 Å². The summed E-state index contributed by atoms with van der Waals surface area (Å²) in [7, 11) is 0. The van der Waals surface area contributed by atoms with E-state index in [1.165, 1.54) is 12.1 Å². The van der Waals surface area contributed by atoms with Gasteiger partial charge in [-0.25, -0.2) is 0 Å². The number of anilines is 1. The summed E-state index contributed by atoms with van der Waals surface area (Å²) in [5, 5.41) is 0.723. The maximum absolute atomic E-state index is 12.3. The van der Waals surface area contributed by atoms with Crippen LogP contribution in [0.1, 0.15) is 23.0 Å². The number of aromatic amines is 1. The molecule has 0 atom stereocenters. The molecule has 0 aliphatic heterocycles. The second-order valence-electron chi connectivity index (χ2n) is 5.40. The van der Waals surface area contributed by atoms with Crippen molar-refractivity contribution >= 4 is 22.5 Å². The summed E-state index contributed by atoms with van der Waals surface area (Å²) in [5.74, 6) is -0.329. The number of carbonyl (C=O) groups excluding carboxylic acids is 1. The van der Waals surface area contributed by atoms with E-state index in [-0.39, 0.29) is 11.7 Å². The van der Waals surface area contributed by atoms with Crippen molar-refractivity contribution in [1.29, 1.82) is 0 Å². The molecule has 0 unspecified atom stereocenters. The number of para-hydroxylation sites is 1. The number of hydrazine groups is 1. The topological polar surface area (TPSA) is 66.2 Å². The quantitative estimate of drug-likeness (QED) is 0.590. The first kappa shape index (κ1) is 16.8. The average Bonchev–Trinajstić information content (AvgIpc) is 3.02. The van der Waals surface area contributed by atoms with Crippen LogP contribution >= 0.6 is 0 Å². The normalized spacial score (nSPS) is 10.9. The molecule has 0 bridgehead atoms. The molecule has 0 saturated heterocycles. The number of H-pyrrole nitrogens is 1. The van der Waals surface area contributed by atoms with E-state index in [0.717, 1.165) is 23.1 Å². The second kappa shape index (κ2) is 7.21. The Morgan fingerprint density at radius 2 is 2.00 bits per heavy atom. The highest BCUT2D eigenvalue weighted by Crippen LogP contribution is 2.23. The second-order valence-corrected chi connectivity index (χ2v) is 5.40. The molecule has 1 heterocycles. The first-order chi connectivity index (χ1) is 12.1. The largest absolute Gasteiger partial charge is 0.435 e. The number of alkyl halides is 2. The van der Waals surface area contributed by atoms with E-state index in [1.54, 1.807) is 12.1 Å². The van der Waals surface area contributed by atoms with Gasteiger partial charge in [0.25, 0.3) is 5.91 Å². The van der Waals surface area contributed by atoms with E-state index in [2.05, 4.69) is 20.6 Å². The van der Waals surface area contributed by atoms with Gasteiger partial charge in [0.2, 0.25) is 0 Å². The summed E-state index contributed by atoms with van der Waals surface area (Å²) >= 11 is 0. The number of aryl methyl sites for hydroxylation is 1. The van der Waals surface area contributed by atoms with Crippen LogP contribution in [0.3, 0.4) is 0 Å². The van der Waals surface area contributed by atoms with Gasteiger partial charge in [0.15, 0.2) is 0 Å². The van der Waals surface area contributed by atoms with Crippen molar-refractivity contribution in [2.45, 2.75) is 20.0 Å². The fourth-order valence-corrected chi connectivity index (χ4v) is 2.55. The molecular formula is C18H17F2N3O2. The van der Waals surface area contributed by atoms with Gasteiger partial charge in [-0.2, -0.15) is 8.78 Å². The van der Waals surface area contributed by atoms with Crippen LogP contribution in [-0.2, 0) is 6.42 Å². The molecule has 0 aliphatic carbocycles. The van der Waals surface area contributed by atoms with E-state index in [9.17, 15) is 13.6 Å². The molecule has 0 fully saturated rings. The minimum atomic E-state index is -2.89. The molecule has 7 heteroatoms. The molecule has 0 saturated carbocycles. The number of ether oxygens (including phenoxy) is 1. The molecule has 3 aromatic rings. The Hall–Kier alpha value is -3.09. The molecule has 0 spiro atoms. The zero-order chi connectivity index (χ0) is 17.8. The number of amides is 1. The van der Waals surface area contributed by atoms with E-state index in [0.29, 0.717) is 11.2 Å². The number of hydrogen-bond acceptors (Lipinski definition) is 3. The van der Waals surface area contributed by atoms with E-state index < -0.39 is 6.61 Å². The molecular weight excluding hydrogens is 328 g/mol. The highest BCUT2D eigenvalue weighted by molar-refractivity contribution is 5.98. The monoisotopic (exact) mass is 345 g/mol. The highest BCUT2D eigenvalue weighted by atomic mass is 19.3. The molecule has 130 valence electrons. The van der Waals surface area contributed by atoms with Crippen molar-refractivity contribution in [1.82, 2.24) is 10.4 Å². The third-order valence-electron chi connectivity index (χ3n) is 3.77. The third kappa shape index (κ3) is 3.88. The summed E-state index contributed by atoms with van der Waals surface area (Å²) in [5.41, 5.74) is 8.28. The summed E-state index contributed by atoms with van der Waals surface area (Å²) in [6.45, 7) is -0.864. The highest BCUT2D eigenvalue weighted by Gasteiger charge is 2.11. The summed E-state index contributed by atoms with van der Waals surface area (Å²) in [6, 6.07) is 13.8. The van der Waals surface area contributed by atoms with E-state index in [4.69, 9.17) is 0 Å². The number of rotatable bonds is 6. The van der Waals surface area contributed by atoms with Crippen molar-refractivity contribution in [3.8, 4) is 5.75 Å². The third-order valence-corrected chi connectivity index (χ3v) is 3.77. The lowest BCUT2D eigenvalue weighted by atomic mass is 10.1. The van der Waals surface area contributed by atoms with Gasteiger partial charge in [-0.05, 0) is 36.2 Å². The molecule has 3 N–H and O–H groups in total. The molecule has 0 radical (unpaired) electrons. The Kier molecular flexibility index (Phi) is 4.83. The summed E-state index contributed by atoms with van der Waals surface area (Å²) in [6.07, 6.45) is 0.832. The molecule has 25 heavy (non-hydrogen) atoms. The van der Waals surface area contributed by atoms with Crippen LogP contribution in [0, 0.1) is 0 Å². The minimum Gasteiger partial charge on any atom is -0.435 e. The Bertz CT molecular complexity index is 893. The van der Waals surface area contributed by atoms with Gasteiger partial charge in [0.1, 0.15) is 11.4 Å². The van der Waals surface area contributed by atoms with Gasteiger partial charge < -0.3 is 9.72 Å². The maximum atomic E-state index is 12.3. The summed E-state index contributed by atoms with van der Waals surface area (Å²) < 4.78 is 28.9. The van der Waals surface area contributed by atoms with Crippen LogP contribution in [0.4, 0.5) is 14.5 Å². The van der Waals surface area contributed by atoms with Crippen LogP contribution in [0.2, 0.25) is 0 Å². The van der Waals surface area contributed by atoms with Crippen LogP contribution in [0.15, 0.2) is 48.5 Å². The average molecular weight is 345 g/mol. The molecule has 1 amide bonds. The van der Waals surface area contributed by atoms with Crippen molar-refractivity contribution in [2.24, 2.45) is 0 Å². The SMILES string of the molecule is CCc1ccccc1NNC(=O)c1cc2ccc(OC(F)F)cc2[nH]1. The number of benzene rings is 2. The van der Waals surface area contributed by atoms with Crippen molar-refractivity contribution in [3.63, 3.8) is 0 Å². The van der Waals surface area contributed by atoms with Gasteiger partial charge in [-0.15, -0.1) is 0 Å². The Morgan fingerprint density at radius 1 is 1.20 bits per heavy atom. The van der Waals surface area contributed by atoms with Gasteiger partial charge in [-0.1, -0.05) is 25.1 Å². The van der Waals surface area contributed by atoms with Gasteiger partial charge in [0.05, 0.1) is 5.69 Å². The molecule has 2 aromatic carbocycles. The Balaban J connectivity index is 1.73. The first-order valence-corrected chi connectivity index (χ1v) is 7.78. The number of carbonyl (C=O) groups is 1.